The van der Waals surface area contributed by atoms with Crippen LogP contribution in [0.2, 0.25) is 0 Å². The van der Waals surface area contributed by atoms with Gasteiger partial charge in [0.25, 0.3) is 5.91 Å². The molecule has 4 aromatic rings. The van der Waals surface area contributed by atoms with Crippen molar-refractivity contribution in [2.24, 2.45) is 0 Å². The van der Waals surface area contributed by atoms with Crippen LogP contribution in [-0.4, -0.2) is 49.2 Å². The number of fused-ring (bicyclic) bond motifs is 1. The summed E-state index contributed by atoms with van der Waals surface area (Å²) in [7, 11) is 0. The van der Waals surface area contributed by atoms with Gasteiger partial charge in [0.1, 0.15) is 5.52 Å². The number of likely N-dealkylation sites (tertiary alicyclic amines) is 1. The van der Waals surface area contributed by atoms with Gasteiger partial charge in [-0.15, -0.1) is 11.3 Å². The highest BCUT2D eigenvalue weighted by molar-refractivity contribution is 7.13. The summed E-state index contributed by atoms with van der Waals surface area (Å²) in [6, 6.07) is 5.60. The number of rotatable bonds is 3. The quantitative estimate of drug-likeness (QED) is 0.586. The Morgan fingerprint density at radius 2 is 2.26 bits per heavy atom. The molecule has 1 aliphatic rings. The molecule has 1 saturated heterocycles. The van der Waals surface area contributed by atoms with Crippen molar-refractivity contribution in [1.82, 2.24) is 30.2 Å². The monoisotopic (exact) mass is 380 g/mol. The van der Waals surface area contributed by atoms with E-state index >= 15 is 0 Å². The molecular weight excluding hydrogens is 364 g/mol. The van der Waals surface area contributed by atoms with Gasteiger partial charge in [-0.1, -0.05) is 11.2 Å². The topological polar surface area (TPSA) is 101 Å². The Kier molecular flexibility index (Phi) is 3.93. The van der Waals surface area contributed by atoms with Crippen LogP contribution in [-0.2, 0) is 0 Å². The molecule has 1 amide bonds. The Morgan fingerprint density at radius 1 is 1.33 bits per heavy atom. The van der Waals surface area contributed by atoms with Crippen LogP contribution >= 0.6 is 11.3 Å². The van der Waals surface area contributed by atoms with Crippen LogP contribution in [0.3, 0.4) is 0 Å². The zero-order valence-electron chi connectivity index (χ0n) is 14.3. The summed E-state index contributed by atoms with van der Waals surface area (Å²) in [4.78, 5) is 24.3. The lowest BCUT2D eigenvalue weighted by Gasteiger charge is -2.31. The standard InChI is InChI=1S/C18H16N6O2S/c25-18(12-9-13(26-23-12)14-4-2-8-27-14)24-7-1-3-11(10-24)15-16-17(22-21-15)20-6-5-19-16/h2,4-6,8-9,11H,1,3,7,10H2,(H,20,21,22). The van der Waals surface area contributed by atoms with E-state index in [2.05, 4.69) is 25.3 Å². The number of amides is 1. The van der Waals surface area contributed by atoms with Crippen LogP contribution in [0.25, 0.3) is 21.8 Å². The van der Waals surface area contributed by atoms with Gasteiger partial charge in [0.15, 0.2) is 17.1 Å². The molecule has 0 aliphatic carbocycles. The van der Waals surface area contributed by atoms with Crippen LogP contribution in [0, 0.1) is 0 Å². The minimum atomic E-state index is -0.110. The average Bonchev–Trinajstić information content (AvgIpc) is 3.47. The SMILES string of the molecule is O=C(c1cc(-c2cccs2)on1)N1CCCC(c2[nH]nc3nccnc23)C1. The maximum absolute atomic E-state index is 12.9. The molecule has 1 fully saturated rings. The fourth-order valence-electron chi connectivity index (χ4n) is 3.52. The summed E-state index contributed by atoms with van der Waals surface area (Å²) < 4.78 is 5.36. The van der Waals surface area contributed by atoms with Gasteiger partial charge in [-0.2, -0.15) is 5.10 Å². The highest BCUT2D eigenvalue weighted by Crippen LogP contribution is 2.30. The Bertz CT molecular complexity index is 1090. The van der Waals surface area contributed by atoms with Gasteiger partial charge in [-0.3, -0.25) is 9.89 Å². The smallest absolute Gasteiger partial charge is 0.276 e. The Balaban J connectivity index is 1.37. The fourth-order valence-corrected chi connectivity index (χ4v) is 4.20. The molecule has 1 unspecified atom stereocenters. The van der Waals surface area contributed by atoms with E-state index in [9.17, 15) is 4.79 Å². The molecule has 1 atom stereocenters. The number of aromatic nitrogens is 5. The highest BCUT2D eigenvalue weighted by Gasteiger charge is 2.29. The number of nitrogens with zero attached hydrogens (tertiary/aromatic N) is 5. The summed E-state index contributed by atoms with van der Waals surface area (Å²) in [5.74, 6) is 0.658. The third kappa shape index (κ3) is 2.89. The molecule has 27 heavy (non-hydrogen) atoms. The highest BCUT2D eigenvalue weighted by atomic mass is 32.1. The fraction of sp³-hybridized carbons (Fsp3) is 0.278. The lowest BCUT2D eigenvalue weighted by Crippen LogP contribution is -2.39. The molecule has 0 aromatic carbocycles. The van der Waals surface area contributed by atoms with Gasteiger partial charge in [-0.25, -0.2) is 9.97 Å². The molecule has 1 aliphatic heterocycles. The van der Waals surface area contributed by atoms with Gasteiger partial charge in [-0.05, 0) is 24.3 Å². The van der Waals surface area contributed by atoms with Gasteiger partial charge in [0, 0.05) is 37.5 Å². The van der Waals surface area contributed by atoms with Crippen molar-refractivity contribution in [2.75, 3.05) is 13.1 Å². The Hall–Kier alpha value is -3.07. The zero-order valence-corrected chi connectivity index (χ0v) is 15.1. The summed E-state index contributed by atoms with van der Waals surface area (Å²) in [5.41, 5.74) is 2.66. The number of carbonyl (C=O) groups excluding carboxylic acids is 1. The minimum Gasteiger partial charge on any atom is -0.355 e. The molecule has 8 nitrogen and oxygen atoms in total. The summed E-state index contributed by atoms with van der Waals surface area (Å²) in [6.45, 7) is 1.29. The molecule has 9 heteroatoms. The lowest BCUT2D eigenvalue weighted by atomic mass is 9.94. The number of thiophene rings is 1. The van der Waals surface area contributed by atoms with E-state index in [1.54, 1.807) is 29.8 Å². The summed E-state index contributed by atoms with van der Waals surface area (Å²) in [6.07, 6.45) is 5.16. The molecule has 0 saturated carbocycles. The van der Waals surface area contributed by atoms with E-state index in [0.717, 1.165) is 28.9 Å². The van der Waals surface area contributed by atoms with Gasteiger partial charge < -0.3 is 9.42 Å². The first kappa shape index (κ1) is 16.1. The number of H-pyrrole nitrogens is 1. The molecular formula is C18H16N6O2S. The van der Waals surface area contributed by atoms with Crippen molar-refractivity contribution < 1.29 is 9.32 Å². The van der Waals surface area contributed by atoms with Gasteiger partial charge >= 0.3 is 0 Å². The maximum atomic E-state index is 12.9. The van der Waals surface area contributed by atoms with Crippen molar-refractivity contribution in [2.45, 2.75) is 18.8 Å². The second-order valence-electron chi connectivity index (χ2n) is 6.51. The van der Waals surface area contributed by atoms with Crippen LogP contribution in [0.5, 0.6) is 0 Å². The van der Waals surface area contributed by atoms with Crippen LogP contribution in [0.4, 0.5) is 0 Å². The number of hydrogen-bond donors (Lipinski definition) is 1. The first-order valence-corrected chi connectivity index (χ1v) is 9.62. The van der Waals surface area contributed by atoms with Crippen molar-refractivity contribution in [3.05, 3.63) is 47.4 Å². The molecule has 0 bridgehead atoms. The van der Waals surface area contributed by atoms with E-state index in [-0.39, 0.29) is 11.8 Å². The molecule has 136 valence electrons. The summed E-state index contributed by atoms with van der Waals surface area (Å²) in [5, 5.41) is 13.2. The van der Waals surface area contributed by atoms with E-state index < -0.39 is 0 Å². The van der Waals surface area contributed by atoms with E-state index in [0.29, 0.717) is 30.2 Å². The van der Waals surface area contributed by atoms with E-state index in [4.69, 9.17) is 4.52 Å². The average molecular weight is 380 g/mol. The van der Waals surface area contributed by atoms with Crippen LogP contribution in [0.15, 0.2) is 40.5 Å². The van der Waals surface area contributed by atoms with Crippen LogP contribution in [0.1, 0.15) is 34.9 Å². The largest absolute Gasteiger partial charge is 0.355 e. The van der Waals surface area contributed by atoms with Crippen molar-refractivity contribution in [3.8, 4) is 10.6 Å². The van der Waals surface area contributed by atoms with Crippen LogP contribution < -0.4 is 0 Å². The lowest BCUT2D eigenvalue weighted by molar-refractivity contribution is 0.0695. The number of piperidine rings is 1. The minimum absolute atomic E-state index is 0.110. The molecule has 0 radical (unpaired) electrons. The van der Waals surface area contributed by atoms with Crippen molar-refractivity contribution in [3.63, 3.8) is 0 Å². The third-order valence-electron chi connectivity index (χ3n) is 4.83. The molecule has 1 N–H and O–H groups in total. The number of carbonyl (C=O) groups is 1. The second kappa shape index (κ2) is 6.58. The van der Waals surface area contributed by atoms with E-state index in [1.807, 2.05) is 22.4 Å². The third-order valence-corrected chi connectivity index (χ3v) is 5.71. The Labute approximate surface area is 158 Å². The number of hydrogen-bond acceptors (Lipinski definition) is 7. The maximum Gasteiger partial charge on any atom is 0.276 e. The first-order valence-electron chi connectivity index (χ1n) is 8.74. The second-order valence-corrected chi connectivity index (χ2v) is 7.46. The van der Waals surface area contributed by atoms with Gasteiger partial charge in [0.2, 0.25) is 0 Å². The number of aromatic amines is 1. The predicted octanol–water partition coefficient (Wildman–Crippen LogP) is 3.09. The number of nitrogens with one attached hydrogen (secondary N) is 1. The zero-order chi connectivity index (χ0) is 18.2. The molecule has 5 rings (SSSR count). The normalized spacial score (nSPS) is 17.5. The molecule has 4 aromatic heterocycles. The van der Waals surface area contributed by atoms with E-state index in [1.165, 1.54) is 0 Å². The summed E-state index contributed by atoms with van der Waals surface area (Å²) >= 11 is 1.55. The first-order chi connectivity index (χ1) is 13.3. The predicted molar refractivity (Wildman–Crippen MR) is 99.4 cm³/mol. The van der Waals surface area contributed by atoms with Crippen molar-refractivity contribution in [1.29, 1.82) is 0 Å². The Morgan fingerprint density at radius 3 is 3.15 bits per heavy atom. The van der Waals surface area contributed by atoms with Gasteiger partial charge in [0.05, 0.1) is 10.6 Å². The molecule has 5 heterocycles. The van der Waals surface area contributed by atoms with Crippen molar-refractivity contribution >= 4 is 28.4 Å². The molecule has 0 spiro atoms.